The maximum absolute atomic E-state index is 12.3. The predicted octanol–water partition coefficient (Wildman–Crippen LogP) is 2.06. The Balaban J connectivity index is 2.24. The first-order valence-corrected chi connectivity index (χ1v) is 5.86. The summed E-state index contributed by atoms with van der Waals surface area (Å²) in [6, 6.07) is 0. The normalized spacial score (nSPS) is 25.4. The van der Waals surface area contributed by atoms with Crippen LogP contribution in [0.4, 0.5) is 0 Å². The van der Waals surface area contributed by atoms with E-state index < -0.39 is 0 Å². The summed E-state index contributed by atoms with van der Waals surface area (Å²) in [7, 11) is 0. The Hall–Kier alpha value is -1.32. The van der Waals surface area contributed by atoms with Crippen molar-refractivity contribution in [3.05, 3.63) is 18.2 Å². The van der Waals surface area contributed by atoms with Crippen LogP contribution in [-0.4, -0.2) is 32.9 Å². The van der Waals surface area contributed by atoms with Crippen molar-refractivity contribution < 1.29 is 4.79 Å². The minimum Gasteiger partial charge on any atom is -0.350 e. The van der Waals surface area contributed by atoms with E-state index in [1.54, 1.807) is 12.5 Å². The largest absolute Gasteiger partial charge is 0.350 e. The summed E-state index contributed by atoms with van der Waals surface area (Å²) in [4.78, 5) is 21.1. The number of nitrogens with one attached hydrogen (secondary N) is 1. The van der Waals surface area contributed by atoms with Gasteiger partial charge in [0, 0.05) is 18.3 Å². The fraction of sp³-hybridized carbons (Fsp3) is 0.667. The Labute approximate surface area is 96.1 Å². The molecule has 0 saturated carbocycles. The van der Waals surface area contributed by atoms with Crippen LogP contribution < -0.4 is 0 Å². The third-order valence-corrected chi connectivity index (χ3v) is 3.89. The lowest BCUT2D eigenvalue weighted by molar-refractivity contribution is 0.0524. The molecule has 16 heavy (non-hydrogen) atoms. The van der Waals surface area contributed by atoms with E-state index in [4.69, 9.17) is 0 Å². The summed E-state index contributed by atoms with van der Waals surface area (Å²) >= 11 is 0. The Morgan fingerprint density at radius 3 is 2.94 bits per heavy atom. The molecule has 2 heterocycles. The van der Waals surface area contributed by atoms with E-state index in [2.05, 4.69) is 30.7 Å². The molecule has 88 valence electrons. The molecular weight excluding hydrogens is 202 g/mol. The second-order valence-electron chi connectivity index (χ2n) is 5.03. The number of aromatic amines is 1. The van der Waals surface area contributed by atoms with E-state index >= 15 is 0 Å². The van der Waals surface area contributed by atoms with Crippen LogP contribution >= 0.6 is 0 Å². The zero-order valence-corrected chi connectivity index (χ0v) is 10.2. The Kier molecular flexibility index (Phi) is 2.74. The monoisotopic (exact) mass is 221 g/mol. The van der Waals surface area contributed by atoms with Gasteiger partial charge in [0.15, 0.2) is 0 Å². The van der Waals surface area contributed by atoms with Crippen LogP contribution in [0.15, 0.2) is 12.5 Å². The number of hydrogen-bond donors (Lipinski definition) is 1. The van der Waals surface area contributed by atoms with Crippen LogP contribution in [0.1, 0.15) is 44.1 Å². The molecule has 0 aromatic carbocycles. The van der Waals surface area contributed by atoms with Crippen LogP contribution in [0, 0.1) is 5.92 Å². The van der Waals surface area contributed by atoms with E-state index in [-0.39, 0.29) is 11.4 Å². The van der Waals surface area contributed by atoms with Gasteiger partial charge in [0.05, 0.1) is 6.33 Å². The first kappa shape index (κ1) is 11.2. The molecule has 1 atom stereocenters. The lowest BCUT2D eigenvalue weighted by atomic mass is 9.86. The molecule has 1 aromatic heterocycles. The average Bonchev–Trinajstić information content (AvgIpc) is 2.85. The molecule has 1 amide bonds. The molecule has 4 heteroatoms. The Bertz CT molecular complexity index is 372. The van der Waals surface area contributed by atoms with Crippen molar-refractivity contribution >= 4 is 5.91 Å². The summed E-state index contributed by atoms with van der Waals surface area (Å²) in [5.41, 5.74) is 0.504. The van der Waals surface area contributed by atoms with Gasteiger partial charge in [0.2, 0.25) is 0 Å². The number of likely N-dealkylation sites (tertiary alicyclic amines) is 1. The van der Waals surface area contributed by atoms with Gasteiger partial charge in [-0.1, -0.05) is 13.8 Å². The highest BCUT2D eigenvalue weighted by Crippen LogP contribution is 2.36. The molecule has 1 N–H and O–H groups in total. The second kappa shape index (κ2) is 3.92. The minimum absolute atomic E-state index is 0.0178. The molecule has 0 spiro atoms. The number of carbonyl (C=O) groups is 1. The third kappa shape index (κ3) is 1.62. The molecule has 0 unspecified atom stereocenters. The molecule has 0 radical (unpaired) electrons. The molecule has 4 nitrogen and oxygen atoms in total. The summed E-state index contributed by atoms with van der Waals surface area (Å²) in [5, 5.41) is 0. The summed E-state index contributed by atoms with van der Waals surface area (Å²) in [6.07, 6.45) is 5.39. The van der Waals surface area contributed by atoms with Gasteiger partial charge in [-0.15, -0.1) is 0 Å². The molecule has 1 aromatic rings. The van der Waals surface area contributed by atoms with Gasteiger partial charge in [0.1, 0.15) is 5.69 Å². The summed E-state index contributed by atoms with van der Waals surface area (Å²) < 4.78 is 0. The lowest BCUT2D eigenvalue weighted by Crippen LogP contribution is -2.48. The number of carbonyl (C=O) groups excluding carboxylic acids is 1. The molecule has 1 fully saturated rings. The number of hydrogen-bond acceptors (Lipinski definition) is 2. The average molecular weight is 221 g/mol. The SMILES string of the molecule is CC(C)[C@]1(C)CCCN1C(=O)c1c[nH]cn1. The first-order valence-electron chi connectivity index (χ1n) is 5.86. The van der Waals surface area contributed by atoms with Gasteiger partial charge in [-0.3, -0.25) is 4.79 Å². The van der Waals surface area contributed by atoms with Crippen LogP contribution in [0.3, 0.4) is 0 Å². The van der Waals surface area contributed by atoms with Crippen LogP contribution in [0.25, 0.3) is 0 Å². The number of imidazole rings is 1. The fourth-order valence-corrected chi connectivity index (χ4v) is 2.43. The number of H-pyrrole nitrogens is 1. The Morgan fingerprint density at radius 2 is 2.38 bits per heavy atom. The van der Waals surface area contributed by atoms with Crippen molar-refractivity contribution in [2.75, 3.05) is 6.54 Å². The number of aromatic nitrogens is 2. The maximum Gasteiger partial charge on any atom is 0.274 e. The maximum atomic E-state index is 12.3. The summed E-state index contributed by atoms with van der Waals surface area (Å²) in [5.74, 6) is 0.521. The predicted molar refractivity (Wildman–Crippen MR) is 62.1 cm³/mol. The number of rotatable bonds is 2. The van der Waals surface area contributed by atoms with Crippen LogP contribution in [-0.2, 0) is 0 Å². The van der Waals surface area contributed by atoms with Crippen LogP contribution in [0.5, 0.6) is 0 Å². The molecule has 0 bridgehead atoms. The Morgan fingerprint density at radius 1 is 1.62 bits per heavy atom. The van der Waals surface area contributed by atoms with Crippen molar-refractivity contribution in [3.63, 3.8) is 0 Å². The smallest absolute Gasteiger partial charge is 0.274 e. The summed E-state index contributed by atoms with van der Waals surface area (Å²) in [6.45, 7) is 7.38. The molecule has 1 aliphatic rings. The molecular formula is C12H19N3O. The highest BCUT2D eigenvalue weighted by molar-refractivity contribution is 5.92. The molecule has 2 rings (SSSR count). The number of nitrogens with zero attached hydrogens (tertiary/aromatic N) is 2. The molecule has 0 aliphatic carbocycles. The molecule has 1 aliphatic heterocycles. The minimum atomic E-state index is -0.0178. The first-order chi connectivity index (χ1) is 7.55. The highest BCUT2D eigenvalue weighted by Gasteiger charge is 2.42. The van der Waals surface area contributed by atoms with Crippen molar-refractivity contribution in [3.8, 4) is 0 Å². The van der Waals surface area contributed by atoms with E-state index in [0.717, 1.165) is 19.4 Å². The van der Waals surface area contributed by atoms with Crippen molar-refractivity contribution in [2.45, 2.75) is 39.2 Å². The van der Waals surface area contributed by atoms with Crippen molar-refractivity contribution in [1.29, 1.82) is 0 Å². The van der Waals surface area contributed by atoms with Crippen LogP contribution in [0.2, 0.25) is 0 Å². The van der Waals surface area contributed by atoms with Crippen molar-refractivity contribution in [2.24, 2.45) is 5.92 Å². The lowest BCUT2D eigenvalue weighted by Gasteiger charge is -2.38. The van der Waals surface area contributed by atoms with Crippen molar-refractivity contribution in [1.82, 2.24) is 14.9 Å². The third-order valence-electron chi connectivity index (χ3n) is 3.89. The second-order valence-corrected chi connectivity index (χ2v) is 5.03. The highest BCUT2D eigenvalue weighted by atomic mass is 16.2. The number of amides is 1. The quantitative estimate of drug-likeness (QED) is 0.831. The van der Waals surface area contributed by atoms with Gasteiger partial charge >= 0.3 is 0 Å². The standard InChI is InChI=1S/C12H19N3O/c1-9(2)12(3)5-4-6-15(12)11(16)10-7-13-8-14-10/h7-9H,4-6H2,1-3H3,(H,13,14)/t12-/m0/s1. The zero-order valence-electron chi connectivity index (χ0n) is 10.2. The fourth-order valence-electron chi connectivity index (χ4n) is 2.43. The van der Waals surface area contributed by atoms with Gasteiger partial charge < -0.3 is 9.88 Å². The van der Waals surface area contributed by atoms with E-state index in [1.165, 1.54) is 0 Å². The van der Waals surface area contributed by atoms with E-state index in [9.17, 15) is 4.79 Å². The van der Waals surface area contributed by atoms with Gasteiger partial charge in [-0.25, -0.2) is 4.98 Å². The topological polar surface area (TPSA) is 49.0 Å². The van der Waals surface area contributed by atoms with Gasteiger partial charge in [0.25, 0.3) is 5.91 Å². The van der Waals surface area contributed by atoms with E-state index in [1.807, 2.05) is 4.90 Å². The van der Waals surface area contributed by atoms with Gasteiger partial charge in [-0.05, 0) is 25.7 Å². The van der Waals surface area contributed by atoms with E-state index in [0.29, 0.717) is 11.6 Å². The molecule has 1 saturated heterocycles. The zero-order chi connectivity index (χ0) is 11.8. The van der Waals surface area contributed by atoms with Gasteiger partial charge in [-0.2, -0.15) is 0 Å².